The largest absolute Gasteiger partial charge is 0.493 e. The van der Waals surface area contributed by atoms with E-state index in [0.717, 1.165) is 12.0 Å². The molecule has 1 aliphatic rings. The zero-order valence-corrected chi connectivity index (χ0v) is 9.77. The normalized spacial score (nSPS) is 16.9. The minimum absolute atomic E-state index is 0.447. The minimum atomic E-state index is -0.447. The standard InChI is InChI=1S/C13H18O3/c1-15-12-5-3-4-10(13(12)16-2)11(14)8-9-6-7-9/h3-5,9,11,14H,6-8H2,1-2H3. The van der Waals surface area contributed by atoms with Gasteiger partial charge in [0.05, 0.1) is 20.3 Å². The summed E-state index contributed by atoms with van der Waals surface area (Å²) in [5.74, 6) is 2.01. The van der Waals surface area contributed by atoms with Crippen LogP contribution >= 0.6 is 0 Å². The van der Waals surface area contributed by atoms with Crippen molar-refractivity contribution < 1.29 is 14.6 Å². The summed E-state index contributed by atoms with van der Waals surface area (Å²) >= 11 is 0. The second-order valence-corrected chi connectivity index (χ2v) is 4.28. The molecule has 3 heteroatoms. The van der Waals surface area contributed by atoms with Crippen LogP contribution in [0, 0.1) is 5.92 Å². The molecule has 0 spiro atoms. The minimum Gasteiger partial charge on any atom is -0.493 e. The lowest BCUT2D eigenvalue weighted by molar-refractivity contribution is 0.155. The highest BCUT2D eigenvalue weighted by Crippen LogP contribution is 2.41. The van der Waals surface area contributed by atoms with Crippen molar-refractivity contribution in [1.29, 1.82) is 0 Å². The molecule has 0 aliphatic heterocycles. The lowest BCUT2D eigenvalue weighted by Crippen LogP contribution is -2.03. The van der Waals surface area contributed by atoms with Gasteiger partial charge in [-0.05, 0) is 18.4 Å². The Kier molecular flexibility index (Phi) is 3.34. The quantitative estimate of drug-likeness (QED) is 0.832. The summed E-state index contributed by atoms with van der Waals surface area (Å²) in [4.78, 5) is 0. The van der Waals surface area contributed by atoms with Gasteiger partial charge in [-0.1, -0.05) is 25.0 Å². The number of hydrogen-bond acceptors (Lipinski definition) is 3. The number of methoxy groups -OCH3 is 2. The molecule has 0 radical (unpaired) electrons. The van der Waals surface area contributed by atoms with Crippen molar-refractivity contribution in [2.45, 2.75) is 25.4 Å². The molecule has 1 aromatic rings. The first-order valence-corrected chi connectivity index (χ1v) is 5.65. The summed E-state index contributed by atoms with van der Waals surface area (Å²) in [6, 6.07) is 5.62. The Bertz CT molecular complexity index is 358. The molecule has 1 fully saturated rings. The fraction of sp³-hybridized carbons (Fsp3) is 0.538. The van der Waals surface area contributed by atoms with Gasteiger partial charge in [0.1, 0.15) is 0 Å². The summed E-state index contributed by atoms with van der Waals surface area (Å²) < 4.78 is 10.5. The monoisotopic (exact) mass is 222 g/mol. The molecule has 1 aromatic carbocycles. The van der Waals surface area contributed by atoms with Gasteiger partial charge in [0.2, 0.25) is 0 Å². The fourth-order valence-corrected chi connectivity index (χ4v) is 1.97. The van der Waals surface area contributed by atoms with Gasteiger partial charge < -0.3 is 14.6 Å². The van der Waals surface area contributed by atoms with Gasteiger partial charge in [-0.2, -0.15) is 0 Å². The third-order valence-corrected chi connectivity index (χ3v) is 3.05. The van der Waals surface area contributed by atoms with Crippen molar-refractivity contribution in [2.24, 2.45) is 5.92 Å². The average molecular weight is 222 g/mol. The summed E-state index contributed by atoms with van der Waals surface area (Å²) in [6.45, 7) is 0. The van der Waals surface area contributed by atoms with Crippen LogP contribution in [0.2, 0.25) is 0 Å². The number of benzene rings is 1. The number of rotatable bonds is 5. The highest BCUT2D eigenvalue weighted by molar-refractivity contribution is 5.47. The number of hydrogen-bond donors (Lipinski definition) is 1. The van der Waals surface area contributed by atoms with E-state index in [1.165, 1.54) is 12.8 Å². The van der Waals surface area contributed by atoms with Gasteiger partial charge in [-0.3, -0.25) is 0 Å². The fourth-order valence-electron chi connectivity index (χ4n) is 1.97. The van der Waals surface area contributed by atoms with Crippen LogP contribution in [0.25, 0.3) is 0 Å². The second-order valence-electron chi connectivity index (χ2n) is 4.28. The molecule has 0 saturated heterocycles. The van der Waals surface area contributed by atoms with Gasteiger partial charge >= 0.3 is 0 Å². The Hall–Kier alpha value is -1.22. The molecule has 1 N–H and O–H groups in total. The maximum absolute atomic E-state index is 10.1. The van der Waals surface area contributed by atoms with E-state index >= 15 is 0 Å². The number of aliphatic hydroxyl groups is 1. The van der Waals surface area contributed by atoms with Crippen LogP contribution in [0.15, 0.2) is 18.2 Å². The molecule has 88 valence electrons. The van der Waals surface area contributed by atoms with E-state index in [1.807, 2.05) is 18.2 Å². The lowest BCUT2D eigenvalue weighted by Gasteiger charge is -2.16. The Labute approximate surface area is 96.0 Å². The molecule has 1 saturated carbocycles. The van der Waals surface area contributed by atoms with E-state index < -0.39 is 6.10 Å². The second kappa shape index (κ2) is 4.74. The van der Waals surface area contributed by atoms with Crippen molar-refractivity contribution in [1.82, 2.24) is 0 Å². The maximum Gasteiger partial charge on any atom is 0.166 e. The molecule has 0 bridgehead atoms. The van der Waals surface area contributed by atoms with Gasteiger partial charge in [0, 0.05) is 5.56 Å². The smallest absolute Gasteiger partial charge is 0.166 e. The molecule has 16 heavy (non-hydrogen) atoms. The lowest BCUT2D eigenvalue weighted by atomic mass is 10.0. The van der Waals surface area contributed by atoms with Gasteiger partial charge in [0.25, 0.3) is 0 Å². The van der Waals surface area contributed by atoms with Crippen LogP contribution in [0.3, 0.4) is 0 Å². The van der Waals surface area contributed by atoms with E-state index in [2.05, 4.69) is 0 Å². The van der Waals surface area contributed by atoms with Crippen LogP contribution in [0.5, 0.6) is 11.5 Å². The van der Waals surface area contributed by atoms with Gasteiger partial charge in [0.15, 0.2) is 11.5 Å². The molecular formula is C13H18O3. The van der Waals surface area contributed by atoms with Gasteiger partial charge in [-0.25, -0.2) is 0 Å². The van der Waals surface area contributed by atoms with Crippen molar-refractivity contribution in [3.63, 3.8) is 0 Å². The zero-order valence-electron chi connectivity index (χ0n) is 9.77. The van der Waals surface area contributed by atoms with E-state index in [0.29, 0.717) is 17.4 Å². The number of para-hydroxylation sites is 1. The molecule has 1 aliphatic carbocycles. The average Bonchev–Trinajstić information content (AvgIpc) is 3.11. The summed E-state index contributed by atoms with van der Waals surface area (Å²) in [6.07, 6.45) is 2.86. The Morgan fingerprint density at radius 3 is 2.62 bits per heavy atom. The predicted octanol–water partition coefficient (Wildman–Crippen LogP) is 2.54. The van der Waals surface area contributed by atoms with Crippen LogP contribution in [0.1, 0.15) is 30.9 Å². The Balaban J connectivity index is 2.23. The van der Waals surface area contributed by atoms with Crippen molar-refractivity contribution in [2.75, 3.05) is 14.2 Å². The van der Waals surface area contributed by atoms with Crippen molar-refractivity contribution in [3.05, 3.63) is 23.8 Å². The summed E-state index contributed by atoms with van der Waals surface area (Å²) in [7, 11) is 3.21. The first-order valence-electron chi connectivity index (χ1n) is 5.65. The molecule has 3 nitrogen and oxygen atoms in total. The molecule has 0 aromatic heterocycles. The molecule has 2 rings (SSSR count). The van der Waals surface area contributed by atoms with Crippen LogP contribution in [-0.2, 0) is 0 Å². The van der Waals surface area contributed by atoms with E-state index in [4.69, 9.17) is 9.47 Å². The Morgan fingerprint density at radius 2 is 2.06 bits per heavy atom. The molecular weight excluding hydrogens is 204 g/mol. The molecule has 1 atom stereocenters. The summed E-state index contributed by atoms with van der Waals surface area (Å²) in [5.41, 5.74) is 0.828. The third kappa shape index (κ3) is 2.30. The van der Waals surface area contributed by atoms with E-state index in [1.54, 1.807) is 14.2 Å². The van der Waals surface area contributed by atoms with Gasteiger partial charge in [-0.15, -0.1) is 0 Å². The predicted molar refractivity (Wildman–Crippen MR) is 61.8 cm³/mol. The first kappa shape index (κ1) is 11.3. The van der Waals surface area contributed by atoms with Crippen LogP contribution in [0.4, 0.5) is 0 Å². The van der Waals surface area contributed by atoms with Crippen LogP contribution in [-0.4, -0.2) is 19.3 Å². The maximum atomic E-state index is 10.1. The number of aliphatic hydroxyl groups excluding tert-OH is 1. The topological polar surface area (TPSA) is 38.7 Å². The molecule has 0 amide bonds. The SMILES string of the molecule is COc1cccc(C(O)CC2CC2)c1OC. The van der Waals surface area contributed by atoms with Crippen LogP contribution < -0.4 is 9.47 Å². The molecule has 1 unspecified atom stereocenters. The first-order chi connectivity index (χ1) is 7.76. The highest BCUT2D eigenvalue weighted by Gasteiger charge is 2.27. The summed E-state index contributed by atoms with van der Waals surface area (Å²) in [5, 5.41) is 10.1. The Morgan fingerprint density at radius 1 is 1.31 bits per heavy atom. The van der Waals surface area contributed by atoms with Crippen molar-refractivity contribution >= 4 is 0 Å². The molecule has 0 heterocycles. The zero-order chi connectivity index (χ0) is 11.5. The highest BCUT2D eigenvalue weighted by atomic mass is 16.5. The third-order valence-electron chi connectivity index (χ3n) is 3.05. The van der Waals surface area contributed by atoms with E-state index in [9.17, 15) is 5.11 Å². The number of ether oxygens (including phenoxy) is 2. The van der Waals surface area contributed by atoms with E-state index in [-0.39, 0.29) is 0 Å². The van der Waals surface area contributed by atoms with Crippen molar-refractivity contribution in [3.8, 4) is 11.5 Å².